The number of carbonyl (C=O) groups is 1. The highest BCUT2D eigenvalue weighted by molar-refractivity contribution is 7.90. The molecule has 8 heteroatoms. The molecule has 0 saturated heterocycles. The van der Waals surface area contributed by atoms with Crippen molar-refractivity contribution < 1.29 is 13.2 Å². The van der Waals surface area contributed by atoms with Gasteiger partial charge in [0.1, 0.15) is 5.82 Å². The quantitative estimate of drug-likeness (QED) is 0.644. The van der Waals surface area contributed by atoms with Crippen molar-refractivity contribution in [1.82, 2.24) is 9.78 Å². The summed E-state index contributed by atoms with van der Waals surface area (Å²) in [6, 6.07) is 17.0. The van der Waals surface area contributed by atoms with Gasteiger partial charge in [-0.15, -0.1) is 0 Å². The third-order valence-electron chi connectivity index (χ3n) is 4.83. The zero-order valence-corrected chi connectivity index (χ0v) is 17.2. The van der Waals surface area contributed by atoms with Crippen molar-refractivity contribution in [3.05, 3.63) is 76.4 Å². The number of nitrogens with zero attached hydrogens (tertiary/aromatic N) is 2. The van der Waals surface area contributed by atoms with Crippen LogP contribution in [-0.2, 0) is 32.6 Å². The van der Waals surface area contributed by atoms with E-state index in [1.54, 1.807) is 28.9 Å². The Kier molecular flexibility index (Phi) is 5.43. The molecule has 29 heavy (non-hydrogen) atoms. The zero-order chi connectivity index (χ0) is 20.4. The highest BCUT2D eigenvalue weighted by Gasteiger charge is 2.33. The Labute approximate surface area is 174 Å². The lowest BCUT2D eigenvalue weighted by Crippen LogP contribution is -2.16. The molecule has 6 nitrogen and oxygen atoms in total. The van der Waals surface area contributed by atoms with Gasteiger partial charge in [0.2, 0.25) is 5.91 Å². The maximum absolute atomic E-state index is 12.6. The van der Waals surface area contributed by atoms with Crippen LogP contribution in [0.25, 0.3) is 5.69 Å². The molecule has 2 heterocycles. The number of halogens is 1. The van der Waals surface area contributed by atoms with Crippen LogP contribution in [0, 0.1) is 0 Å². The molecule has 4 rings (SSSR count). The molecule has 1 aliphatic rings. The van der Waals surface area contributed by atoms with Gasteiger partial charge in [0.15, 0.2) is 9.84 Å². The van der Waals surface area contributed by atoms with Gasteiger partial charge in [-0.25, -0.2) is 13.1 Å². The summed E-state index contributed by atoms with van der Waals surface area (Å²) < 4.78 is 25.6. The van der Waals surface area contributed by atoms with Gasteiger partial charge in [0, 0.05) is 17.0 Å². The van der Waals surface area contributed by atoms with Crippen LogP contribution >= 0.6 is 11.6 Å². The third-order valence-corrected chi connectivity index (χ3v) is 6.52. The molecule has 1 amide bonds. The second-order valence-corrected chi connectivity index (χ2v) is 9.58. The van der Waals surface area contributed by atoms with E-state index >= 15 is 0 Å². The monoisotopic (exact) mass is 429 g/mol. The van der Waals surface area contributed by atoms with E-state index in [-0.39, 0.29) is 17.4 Å². The molecule has 0 aliphatic carbocycles. The van der Waals surface area contributed by atoms with E-state index in [4.69, 9.17) is 11.6 Å². The molecule has 2 aromatic carbocycles. The lowest BCUT2D eigenvalue weighted by molar-refractivity contribution is -0.116. The molecule has 0 atom stereocenters. The summed E-state index contributed by atoms with van der Waals surface area (Å²) in [5.41, 5.74) is 2.94. The molecule has 150 valence electrons. The Balaban J connectivity index is 1.53. The fourth-order valence-corrected chi connectivity index (χ4v) is 5.05. The highest BCUT2D eigenvalue weighted by atomic mass is 35.5. The van der Waals surface area contributed by atoms with E-state index in [2.05, 4.69) is 10.4 Å². The molecule has 0 fully saturated rings. The number of fused-ring (bicyclic) bond motifs is 1. The predicted octanol–water partition coefficient (Wildman–Crippen LogP) is 3.92. The van der Waals surface area contributed by atoms with Crippen LogP contribution in [-0.4, -0.2) is 24.1 Å². The average molecular weight is 430 g/mol. The summed E-state index contributed by atoms with van der Waals surface area (Å²) in [6.45, 7) is 0. The van der Waals surface area contributed by atoms with Gasteiger partial charge in [0.25, 0.3) is 0 Å². The summed E-state index contributed by atoms with van der Waals surface area (Å²) in [4.78, 5) is 12.6. The third kappa shape index (κ3) is 4.52. The van der Waals surface area contributed by atoms with Gasteiger partial charge in [0.05, 0.1) is 22.9 Å². The molecule has 0 saturated carbocycles. The lowest BCUT2D eigenvalue weighted by Gasteiger charge is -2.11. The Morgan fingerprint density at radius 2 is 1.79 bits per heavy atom. The van der Waals surface area contributed by atoms with E-state index in [0.29, 0.717) is 40.6 Å². The van der Waals surface area contributed by atoms with Gasteiger partial charge in [-0.2, -0.15) is 5.10 Å². The van der Waals surface area contributed by atoms with Crippen molar-refractivity contribution in [3.8, 4) is 5.69 Å². The zero-order valence-electron chi connectivity index (χ0n) is 15.6. The summed E-state index contributed by atoms with van der Waals surface area (Å²) in [5, 5.41) is 7.92. The van der Waals surface area contributed by atoms with Crippen molar-refractivity contribution in [1.29, 1.82) is 0 Å². The highest BCUT2D eigenvalue weighted by Crippen LogP contribution is 2.33. The summed E-state index contributed by atoms with van der Waals surface area (Å²) in [7, 11) is -3.23. The molecule has 0 unspecified atom stereocenters. The Morgan fingerprint density at radius 3 is 2.52 bits per heavy atom. The van der Waals surface area contributed by atoms with Crippen LogP contribution in [0.5, 0.6) is 0 Å². The Morgan fingerprint density at radius 1 is 1.07 bits per heavy atom. The van der Waals surface area contributed by atoms with Crippen LogP contribution in [0.1, 0.15) is 29.7 Å². The van der Waals surface area contributed by atoms with Gasteiger partial charge in [-0.05, 0) is 42.7 Å². The topological polar surface area (TPSA) is 81.1 Å². The number of amides is 1. The first kappa shape index (κ1) is 19.7. The lowest BCUT2D eigenvalue weighted by atomic mass is 10.1. The van der Waals surface area contributed by atoms with E-state index in [1.807, 2.05) is 30.3 Å². The second-order valence-electron chi connectivity index (χ2n) is 7.08. The number of benzene rings is 2. The van der Waals surface area contributed by atoms with E-state index in [1.165, 1.54) is 5.56 Å². The van der Waals surface area contributed by atoms with E-state index in [9.17, 15) is 13.2 Å². The van der Waals surface area contributed by atoms with Gasteiger partial charge >= 0.3 is 0 Å². The molecular formula is C21H20ClN3O3S. The standard InChI is InChI=1S/C21H20ClN3O3S/c22-16-9-11-17(12-10-16)25-21(18-13-29(27,28)14-19(18)24-25)23-20(26)8-4-7-15-5-2-1-3-6-15/h1-3,5-6,9-12H,4,7-8,13-14H2,(H,23,26). The average Bonchev–Trinajstić information content (AvgIpc) is 3.16. The molecule has 1 N–H and O–H groups in total. The number of aromatic nitrogens is 2. The van der Waals surface area contributed by atoms with Crippen LogP contribution in [0.15, 0.2) is 54.6 Å². The van der Waals surface area contributed by atoms with Crippen LogP contribution in [0.3, 0.4) is 0 Å². The Hall–Kier alpha value is -2.64. The van der Waals surface area contributed by atoms with E-state index in [0.717, 1.165) is 6.42 Å². The SMILES string of the molecule is O=C(CCCc1ccccc1)Nc1c2c(nn1-c1ccc(Cl)cc1)CS(=O)(=O)C2. The number of sulfone groups is 1. The molecule has 0 radical (unpaired) electrons. The number of rotatable bonds is 6. The fourth-order valence-electron chi connectivity index (χ4n) is 3.43. The van der Waals surface area contributed by atoms with Crippen molar-refractivity contribution >= 4 is 33.2 Å². The van der Waals surface area contributed by atoms with Crippen molar-refractivity contribution in [3.63, 3.8) is 0 Å². The number of aryl methyl sites for hydroxylation is 1. The smallest absolute Gasteiger partial charge is 0.225 e. The maximum atomic E-state index is 12.6. The van der Waals surface area contributed by atoms with Gasteiger partial charge < -0.3 is 5.32 Å². The molecule has 1 aliphatic heterocycles. The van der Waals surface area contributed by atoms with Crippen molar-refractivity contribution in [2.24, 2.45) is 0 Å². The van der Waals surface area contributed by atoms with Crippen molar-refractivity contribution in [2.75, 3.05) is 5.32 Å². The normalized spacial score (nSPS) is 14.5. The summed E-state index contributed by atoms with van der Waals surface area (Å²) >= 11 is 5.96. The number of hydrogen-bond donors (Lipinski definition) is 1. The van der Waals surface area contributed by atoms with Gasteiger partial charge in [-0.3, -0.25) is 4.79 Å². The first-order chi connectivity index (χ1) is 13.9. The number of anilines is 1. The first-order valence-electron chi connectivity index (χ1n) is 9.32. The molecular weight excluding hydrogens is 410 g/mol. The molecule has 1 aromatic heterocycles. The number of nitrogens with one attached hydrogen (secondary N) is 1. The second kappa shape index (κ2) is 8.00. The largest absolute Gasteiger partial charge is 0.310 e. The van der Waals surface area contributed by atoms with Crippen LogP contribution in [0.2, 0.25) is 5.02 Å². The molecule has 0 bridgehead atoms. The van der Waals surface area contributed by atoms with Crippen LogP contribution in [0.4, 0.5) is 5.82 Å². The fraction of sp³-hybridized carbons (Fsp3) is 0.238. The first-order valence-corrected chi connectivity index (χ1v) is 11.5. The predicted molar refractivity (Wildman–Crippen MR) is 113 cm³/mol. The minimum atomic E-state index is -3.23. The summed E-state index contributed by atoms with van der Waals surface area (Å²) in [6.07, 6.45) is 1.84. The minimum Gasteiger partial charge on any atom is -0.310 e. The Bertz CT molecular complexity index is 1140. The van der Waals surface area contributed by atoms with Crippen LogP contribution < -0.4 is 5.32 Å². The van der Waals surface area contributed by atoms with Gasteiger partial charge in [-0.1, -0.05) is 41.9 Å². The molecule has 0 spiro atoms. The summed E-state index contributed by atoms with van der Waals surface area (Å²) in [5.74, 6) is 0.0336. The van der Waals surface area contributed by atoms with E-state index < -0.39 is 9.84 Å². The maximum Gasteiger partial charge on any atom is 0.225 e. The number of hydrogen-bond acceptors (Lipinski definition) is 4. The molecule has 3 aromatic rings. The minimum absolute atomic E-state index is 0.111. The number of carbonyl (C=O) groups excluding carboxylic acids is 1. The van der Waals surface area contributed by atoms with Crippen molar-refractivity contribution in [2.45, 2.75) is 30.8 Å².